The molecule has 2 heterocycles. The van der Waals surface area contributed by atoms with Gasteiger partial charge in [-0.2, -0.15) is 0 Å². The van der Waals surface area contributed by atoms with Gasteiger partial charge in [0.1, 0.15) is 5.75 Å². The van der Waals surface area contributed by atoms with E-state index in [0.717, 1.165) is 12.4 Å². The number of para-hydroxylation sites is 1. The Kier molecular flexibility index (Phi) is 3.65. The quantitative estimate of drug-likeness (QED) is 0.903. The summed E-state index contributed by atoms with van der Waals surface area (Å²) in [6, 6.07) is 10.9. The summed E-state index contributed by atoms with van der Waals surface area (Å²) in [5.41, 5.74) is 2.61. The molecule has 100 valence electrons. The summed E-state index contributed by atoms with van der Waals surface area (Å²) in [6.45, 7) is 2.88. The number of aryl methyl sites for hydroxylation is 1. The van der Waals surface area contributed by atoms with Gasteiger partial charge >= 0.3 is 0 Å². The number of thiophene rings is 1. The summed E-state index contributed by atoms with van der Waals surface area (Å²) in [6.07, 6.45) is 0. The zero-order chi connectivity index (χ0) is 13.4. The lowest BCUT2D eigenvalue weighted by molar-refractivity contribution is 0.305. The van der Waals surface area contributed by atoms with Gasteiger partial charge < -0.3 is 10.1 Å². The van der Waals surface area contributed by atoms with Crippen LogP contribution in [-0.4, -0.2) is 13.7 Å². The van der Waals surface area contributed by atoms with Crippen LogP contribution in [0.3, 0.4) is 0 Å². The van der Waals surface area contributed by atoms with Gasteiger partial charge in [0.25, 0.3) is 0 Å². The van der Waals surface area contributed by atoms with E-state index >= 15 is 0 Å². The SMILES string of the molecule is CNC(c1cc(C)c(Br)s1)C1COc2ccccc21. The van der Waals surface area contributed by atoms with E-state index in [1.165, 1.54) is 19.8 Å². The average Bonchev–Trinajstić information content (AvgIpc) is 2.97. The number of halogens is 1. The first kappa shape index (κ1) is 13.2. The van der Waals surface area contributed by atoms with Crippen molar-refractivity contribution in [3.05, 3.63) is 50.1 Å². The minimum absolute atomic E-state index is 0.304. The summed E-state index contributed by atoms with van der Waals surface area (Å²) in [5, 5.41) is 3.45. The van der Waals surface area contributed by atoms with E-state index < -0.39 is 0 Å². The highest BCUT2D eigenvalue weighted by Gasteiger charge is 2.32. The zero-order valence-electron chi connectivity index (χ0n) is 10.9. The predicted octanol–water partition coefficient (Wildman–Crippen LogP) is 4.26. The van der Waals surface area contributed by atoms with Gasteiger partial charge in [0.15, 0.2) is 0 Å². The Morgan fingerprint density at radius 3 is 2.89 bits per heavy atom. The van der Waals surface area contributed by atoms with Gasteiger partial charge in [0.2, 0.25) is 0 Å². The van der Waals surface area contributed by atoms with Crippen LogP contribution < -0.4 is 10.1 Å². The third-order valence-electron chi connectivity index (χ3n) is 3.63. The fourth-order valence-corrected chi connectivity index (χ4v) is 4.39. The second-order valence-electron chi connectivity index (χ2n) is 4.83. The Morgan fingerprint density at radius 2 is 2.21 bits per heavy atom. The topological polar surface area (TPSA) is 21.3 Å². The van der Waals surface area contributed by atoms with E-state index in [9.17, 15) is 0 Å². The van der Waals surface area contributed by atoms with Crippen molar-refractivity contribution in [3.63, 3.8) is 0 Å². The Labute approximate surface area is 125 Å². The molecule has 2 aromatic rings. The standard InChI is InChI=1S/C15H16BrNOS/c1-9-7-13(19-15(9)16)14(17-2)11-8-18-12-6-4-3-5-10(11)12/h3-7,11,14,17H,8H2,1-2H3. The van der Waals surface area contributed by atoms with Crippen molar-refractivity contribution in [3.8, 4) is 5.75 Å². The first-order valence-corrected chi connectivity index (χ1v) is 7.96. The minimum atomic E-state index is 0.304. The number of hydrogen-bond acceptors (Lipinski definition) is 3. The molecule has 2 atom stereocenters. The van der Waals surface area contributed by atoms with Crippen LogP contribution >= 0.6 is 27.3 Å². The molecule has 4 heteroatoms. The van der Waals surface area contributed by atoms with Crippen LogP contribution in [0.5, 0.6) is 5.75 Å². The second-order valence-corrected chi connectivity index (χ2v) is 7.23. The first-order valence-electron chi connectivity index (χ1n) is 6.35. The lowest BCUT2D eigenvalue weighted by Gasteiger charge is -2.21. The largest absolute Gasteiger partial charge is 0.493 e. The maximum absolute atomic E-state index is 5.81. The molecule has 0 fully saturated rings. The minimum Gasteiger partial charge on any atom is -0.493 e. The van der Waals surface area contributed by atoms with Gasteiger partial charge in [-0.15, -0.1) is 11.3 Å². The number of hydrogen-bond donors (Lipinski definition) is 1. The Bertz CT molecular complexity index is 576. The van der Waals surface area contributed by atoms with E-state index in [0.29, 0.717) is 12.0 Å². The molecular weight excluding hydrogens is 322 g/mol. The molecule has 1 aromatic heterocycles. The molecule has 1 aliphatic heterocycles. The summed E-state index contributed by atoms with van der Waals surface area (Å²) in [4.78, 5) is 1.36. The molecule has 0 amide bonds. The smallest absolute Gasteiger partial charge is 0.122 e. The maximum Gasteiger partial charge on any atom is 0.122 e. The van der Waals surface area contributed by atoms with E-state index in [-0.39, 0.29) is 0 Å². The molecule has 1 aliphatic rings. The van der Waals surface area contributed by atoms with Crippen LogP contribution in [-0.2, 0) is 0 Å². The van der Waals surface area contributed by atoms with Crippen molar-refractivity contribution in [2.24, 2.45) is 0 Å². The third-order valence-corrected chi connectivity index (χ3v) is 5.85. The van der Waals surface area contributed by atoms with Crippen molar-refractivity contribution in [1.82, 2.24) is 5.32 Å². The van der Waals surface area contributed by atoms with Crippen LogP contribution in [0.15, 0.2) is 34.1 Å². The Hall–Kier alpha value is -0.840. The number of likely N-dealkylation sites (N-methyl/N-ethyl adjacent to an activating group) is 1. The van der Waals surface area contributed by atoms with Crippen molar-refractivity contribution < 1.29 is 4.74 Å². The molecule has 2 nitrogen and oxygen atoms in total. The van der Waals surface area contributed by atoms with E-state index in [4.69, 9.17) is 4.74 Å². The number of nitrogens with one attached hydrogen (secondary N) is 1. The van der Waals surface area contributed by atoms with Gasteiger partial charge in [-0.3, -0.25) is 0 Å². The Balaban J connectivity index is 1.96. The molecule has 1 N–H and O–H groups in total. The highest BCUT2D eigenvalue weighted by Crippen LogP contribution is 2.43. The average molecular weight is 338 g/mol. The van der Waals surface area contributed by atoms with Gasteiger partial charge in [-0.25, -0.2) is 0 Å². The number of rotatable bonds is 3. The molecule has 0 bridgehead atoms. The fraction of sp³-hybridized carbons (Fsp3) is 0.333. The monoisotopic (exact) mass is 337 g/mol. The molecule has 0 saturated carbocycles. The van der Waals surface area contributed by atoms with Crippen molar-refractivity contribution in [1.29, 1.82) is 0 Å². The second kappa shape index (κ2) is 5.27. The van der Waals surface area contributed by atoms with Crippen LogP contribution in [0.1, 0.15) is 28.0 Å². The molecule has 2 unspecified atom stereocenters. The van der Waals surface area contributed by atoms with E-state index in [1.54, 1.807) is 0 Å². The molecule has 0 saturated heterocycles. The van der Waals surface area contributed by atoms with Crippen LogP contribution in [0.2, 0.25) is 0 Å². The highest BCUT2D eigenvalue weighted by molar-refractivity contribution is 9.11. The predicted molar refractivity (Wildman–Crippen MR) is 83.2 cm³/mol. The summed E-state index contributed by atoms with van der Waals surface area (Å²) < 4.78 is 7.02. The van der Waals surface area contributed by atoms with E-state index in [2.05, 4.69) is 52.4 Å². The van der Waals surface area contributed by atoms with Crippen LogP contribution in [0.25, 0.3) is 0 Å². The van der Waals surface area contributed by atoms with E-state index in [1.807, 2.05) is 24.5 Å². The van der Waals surface area contributed by atoms with Crippen molar-refractivity contribution in [2.75, 3.05) is 13.7 Å². The molecule has 0 aliphatic carbocycles. The van der Waals surface area contributed by atoms with Gasteiger partial charge in [-0.05, 0) is 47.6 Å². The molecular formula is C15H16BrNOS. The van der Waals surface area contributed by atoms with Gasteiger partial charge in [0.05, 0.1) is 16.4 Å². The van der Waals surface area contributed by atoms with Crippen molar-refractivity contribution in [2.45, 2.75) is 18.9 Å². The third kappa shape index (κ3) is 2.33. The molecule has 0 radical (unpaired) electrons. The van der Waals surface area contributed by atoms with Gasteiger partial charge in [-0.1, -0.05) is 18.2 Å². The number of ether oxygens (including phenoxy) is 1. The van der Waals surface area contributed by atoms with Gasteiger partial charge in [0, 0.05) is 16.4 Å². The molecule has 1 aromatic carbocycles. The first-order chi connectivity index (χ1) is 9.20. The van der Waals surface area contributed by atoms with Crippen LogP contribution in [0.4, 0.5) is 0 Å². The maximum atomic E-state index is 5.81. The van der Waals surface area contributed by atoms with Crippen molar-refractivity contribution >= 4 is 27.3 Å². The zero-order valence-corrected chi connectivity index (χ0v) is 13.3. The fourth-order valence-electron chi connectivity index (χ4n) is 2.64. The summed E-state index contributed by atoms with van der Waals surface area (Å²) >= 11 is 5.42. The summed E-state index contributed by atoms with van der Waals surface area (Å²) in [7, 11) is 2.02. The molecule has 3 rings (SSSR count). The lowest BCUT2D eigenvalue weighted by Crippen LogP contribution is -2.24. The summed E-state index contributed by atoms with van der Waals surface area (Å²) in [5.74, 6) is 1.41. The molecule has 19 heavy (non-hydrogen) atoms. The van der Waals surface area contributed by atoms with Crippen LogP contribution in [0, 0.1) is 6.92 Å². The lowest BCUT2D eigenvalue weighted by atomic mass is 9.92. The Morgan fingerprint density at radius 1 is 1.42 bits per heavy atom. The number of benzene rings is 1. The highest BCUT2D eigenvalue weighted by atomic mass is 79.9. The molecule has 0 spiro atoms. The number of fused-ring (bicyclic) bond motifs is 1. The normalized spacial score (nSPS) is 19.0.